The molecule has 9 atom stereocenters. The maximum absolute atomic E-state index is 6.56. The molecule has 284 valence electrons. The molecule has 0 radical (unpaired) electrons. The molecule has 0 bridgehead atoms. The monoisotopic (exact) mass is 684 g/mol. The Morgan fingerprint density at radius 2 is 1.55 bits per heavy atom. The van der Waals surface area contributed by atoms with Crippen LogP contribution in [-0.2, 0) is 14.2 Å². The molecule has 0 saturated heterocycles. The molecule has 49 heavy (non-hydrogen) atoms. The molecule has 0 amide bonds. The minimum absolute atomic E-state index is 0.320. The van der Waals surface area contributed by atoms with Gasteiger partial charge in [0.05, 0.1) is 32.0 Å². The van der Waals surface area contributed by atoms with Gasteiger partial charge in [-0.25, -0.2) is 0 Å². The van der Waals surface area contributed by atoms with Gasteiger partial charge in [-0.05, 0) is 131 Å². The fraction of sp³-hybridized carbons (Fsp3) is 0.911. The quantitative estimate of drug-likeness (QED) is 0.0792. The largest absolute Gasteiger partial charge is 0.380 e. The van der Waals surface area contributed by atoms with Crippen molar-refractivity contribution < 1.29 is 14.2 Å². The highest BCUT2D eigenvalue weighted by Gasteiger charge is 2.59. The van der Waals surface area contributed by atoms with Crippen LogP contribution in [0.15, 0.2) is 23.8 Å². The van der Waals surface area contributed by atoms with E-state index in [0.717, 1.165) is 74.8 Å². The van der Waals surface area contributed by atoms with E-state index in [9.17, 15) is 0 Å². The molecule has 4 rings (SSSR count). The van der Waals surface area contributed by atoms with E-state index in [2.05, 4.69) is 78.8 Å². The van der Waals surface area contributed by atoms with Crippen LogP contribution in [0.2, 0.25) is 0 Å². The SMILES string of the molecule is CC/C=C\COC[C@H](COCCCCCCCCOC1CC[C@@]2(C)C(=CC[C@H]3[C@@H]4CC[C@H]([C@H](C)CCCC(C)C)[C@@]4(C)CC[C@@H]32)C1)N(C)C. The number of hydrogen-bond acceptors (Lipinski definition) is 4. The van der Waals surface area contributed by atoms with Crippen molar-refractivity contribution in [2.24, 2.45) is 46.3 Å². The summed E-state index contributed by atoms with van der Waals surface area (Å²) in [6.07, 6.45) is 31.5. The minimum atomic E-state index is 0.320. The number of likely N-dealkylation sites (N-methyl/N-ethyl adjacent to an activating group) is 1. The van der Waals surface area contributed by atoms with E-state index in [0.29, 0.717) is 29.6 Å². The van der Waals surface area contributed by atoms with Crippen LogP contribution >= 0.6 is 0 Å². The molecule has 3 fully saturated rings. The Morgan fingerprint density at radius 3 is 2.29 bits per heavy atom. The average Bonchev–Trinajstić information content (AvgIpc) is 3.43. The Labute approximate surface area is 304 Å². The number of ether oxygens (including phenoxy) is 3. The van der Waals surface area contributed by atoms with Crippen molar-refractivity contribution in [3.63, 3.8) is 0 Å². The second-order valence-corrected chi connectivity index (χ2v) is 18.3. The van der Waals surface area contributed by atoms with Crippen LogP contribution in [0.3, 0.4) is 0 Å². The summed E-state index contributed by atoms with van der Waals surface area (Å²) in [7, 11) is 4.23. The summed E-state index contributed by atoms with van der Waals surface area (Å²) in [5.74, 6) is 5.50. The van der Waals surface area contributed by atoms with Crippen molar-refractivity contribution in [2.75, 3.05) is 47.1 Å². The third kappa shape index (κ3) is 11.4. The molecule has 4 heteroatoms. The van der Waals surface area contributed by atoms with Crippen molar-refractivity contribution in [1.29, 1.82) is 0 Å². The van der Waals surface area contributed by atoms with Gasteiger partial charge in [0.15, 0.2) is 0 Å². The maximum Gasteiger partial charge on any atom is 0.0648 e. The predicted octanol–water partition coefficient (Wildman–Crippen LogP) is 11.7. The summed E-state index contributed by atoms with van der Waals surface area (Å²) in [6, 6.07) is 0.320. The van der Waals surface area contributed by atoms with Gasteiger partial charge in [-0.15, -0.1) is 0 Å². The molecule has 4 aliphatic rings. The molecule has 0 aromatic carbocycles. The molecule has 4 nitrogen and oxygen atoms in total. The van der Waals surface area contributed by atoms with E-state index in [1.807, 2.05) is 0 Å². The second kappa shape index (κ2) is 20.5. The number of allylic oxidation sites excluding steroid dienone is 2. The number of nitrogens with zero attached hydrogens (tertiary/aromatic N) is 1. The highest BCUT2D eigenvalue weighted by Crippen LogP contribution is 2.67. The van der Waals surface area contributed by atoms with E-state index in [4.69, 9.17) is 14.2 Å². The Kier molecular flexibility index (Phi) is 17.2. The van der Waals surface area contributed by atoms with Crippen LogP contribution in [0.5, 0.6) is 0 Å². The summed E-state index contributed by atoms with van der Waals surface area (Å²) < 4.78 is 18.4. The van der Waals surface area contributed by atoms with Crippen molar-refractivity contribution in [1.82, 2.24) is 4.90 Å². The van der Waals surface area contributed by atoms with Gasteiger partial charge in [-0.1, -0.05) is 110 Å². The Hall–Kier alpha value is -0.680. The van der Waals surface area contributed by atoms with Crippen LogP contribution in [0, 0.1) is 46.3 Å². The molecule has 0 heterocycles. The van der Waals surface area contributed by atoms with Crippen molar-refractivity contribution in [3.05, 3.63) is 23.8 Å². The zero-order valence-electron chi connectivity index (χ0n) is 33.8. The van der Waals surface area contributed by atoms with E-state index >= 15 is 0 Å². The summed E-state index contributed by atoms with van der Waals surface area (Å²) >= 11 is 0. The van der Waals surface area contributed by atoms with Crippen LogP contribution in [0.1, 0.15) is 157 Å². The molecule has 0 spiro atoms. The minimum Gasteiger partial charge on any atom is -0.380 e. The zero-order valence-corrected chi connectivity index (χ0v) is 33.8. The average molecular weight is 684 g/mol. The normalized spacial score (nSPS) is 32.7. The molecule has 0 aliphatic heterocycles. The number of unbranched alkanes of at least 4 members (excludes halogenated alkanes) is 5. The molecule has 0 aromatic rings. The van der Waals surface area contributed by atoms with Gasteiger partial charge in [0.2, 0.25) is 0 Å². The van der Waals surface area contributed by atoms with Gasteiger partial charge in [0, 0.05) is 13.2 Å². The summed E-state index contributed by atoms with van der Waals surface area (Å²) in [5.41, 5.74) is 2.80. The Bertz CT molecular complexity index is 990. The van der Waals surface area contributed by atoms with Gasteiger partial charge in [0.1, 0.15) is 0 Å². The first-order valence-electron chi connectivity index (χ1n) is 21.4. The molecule has 0 N–H and O–H groups in total. The number of fused-ring (bicyclic) bond motifs is 5. The molecular formula is C45H81NO3. The summed E-state index contributed by atoms with van der Waals surface area (Å²) in [5, 5.41) is 0. The van der Waals surface area contributed by atoms with Gasteiger partial charge >= 0.3 is 0 Å². The smallest absolute Gasteiger partial charge is 0.0648 e. The van der Waals surface area contributed by atoms with Gasteiger partial charge < -0.3 is 19.1 Å². The predicted molar refractivity (Wildman–Crippen MR) is 209 cm³/mol. The van der Waals surface area contributed by atoms with Crippen LogP contribution in [0.25, 0.3) is 0 Å². The molecule has 1 unspecified atom stereocenters. The van der Waals surface area contributed by atoms with Gasteiger partial charge in [0.25, 0.3) is 0 Å². The second-order valence-electron chi connectivity index (χ2n) is 18.3. The number of hydrogen-bond donors (Lipinski definition) is 0. The lowest BCUT2D eigenvalue weighted by molar-refractivity contribution is -0.0641. The molecule has 4 aliphatic carbocycles. The zero-order chi connectivity index (χ0) is 35.3. The first-order valence-corrected chi connectivity index (χ1v) is 21.4. The molecule has 0 aromatic heterocycles. The first-order chi connectivity index (χ1) is 23.6. The first kappa shape index (κ1) is 41.1. The highest BCUT2D eigenvalue weighted by atomic mass is 16.5. The van der Waals surface area contributed by atoms with E-state index in [-0.39, 0.29) is 0 Å². The van der Waals surface area contributed by atoms with Crippen molar-refractivity contribution in [2.45, 2.75) is 169 Å². The standard InChI is InChI=1S/C45H81NO3/c1-9-10-15-29-47-33-38(46(7)8)34-48-30-16-13-11-12-14-17-31-49-39-25-27-44(5)37(32-39)21-22-40-42-24-23-41(36(4)20-18-19-35(2)3)45(42,6)28-26-43(40)44/h10,15,21,35-36,38-43H,9,11-14,16-20,22-34H2,1-8H3/b15-10-/t36-,38-,39?,40+,41-,42+,43+,44+,45-/m1/s1. The van der Waals surface area contributed by atoms with E-state index in [1.165, 1.54) is 103 Å². The summed E-state index contributed by atoms with van der Waals surface area (Å²) in [4.78, 5) is 2.21. The van der Waals surface area contributed by atoms with Gasteiger partial charge in [-0.3, -0.25) is 0 Å². The third-order valence-corrected chi connectivity index (χ3v) is 14.3. The fourth-order valence-electron chi connectivity index (χ4n) is 11.1. The van der Waals surface area contributed by atoms with E-state index in [1.54, 1.807) is 5.57 Å². The topological polar surface area (TPSA) is 30.9 Å². The molecular weight excluding hydrogens is 602 g/mol. The Morgan fingerprint density at radius 1 is 0.816 bits per heavy atom. The maximum atomic E-state index is 6.56. The summed E-state index contributed by atoms with van der Waals surface area (Å²) in [6.45, 7) is 18.9. The molecule has 3 saturated carbocycles. The van der Waals surface area contributed by atoms with Crippen molar-refractivity contribution in [3.8, 4) is 0 Å². The lowest BCUT2D eigenvalue weighted by atomic mass is 9.47. The van der Waals surface area contributed by atoms with Crippen LogP contribution in [0.4, 0.5) is 0 Å². The third-order valence-electron chi connectivity index (χ3n) is 14.3. The lowest BCUT2D eigenvalue weighted by Gasteiger charge is -2.58. The number of rotatable bonds is 23. The van der Waals surface area contributed by atoms with Crippen molar-refractivity contribution >= 4 is 0 Å². The van der Waals surface area contributed by atoms with E-state index < -0.39 is 0 Å². The van der Waals surface area contributed by atoms with Crippen LogP contribution in [-0.4, -0.2) is 64.2 Å². The van der Waals surface area contributed by atoms with Crippen LogP contribution < -0.4 is 0 Å². The Balaban J connectivity index is 1.08. The fourth-order valence-corrected chi connectivity index (χ4v) is 11.1. The highest BCUT2D eigenvalue weighted by molar-refractivity contribution is 5.25. The lowest BCUT2D eigenvalue weighted by Crippen LogP contribution is -2.51. The van der Waals surface area contributed by atoms with Gasteiger partial charge in [-0.2, -0.15) is 0 Å².